The van der Waals surface area contributed by atoms with Gasteiger partial charge in [0, 0.05) is 25.7 Å². The molecule has 0 radical (unpaired) electrons. The Balaban J connectivity index is 2.07. The average molecular weight is 356 g/mol. The standard InChI is InChI=1S/C20H41N3O2/c1-3-4-5-6-7-9-12-19-17-20(19,18-24-2)22-14-10-8-11-15-23-25-16-13-21/h9,12,19,22-23H,3-8,10-11,13-18,21H2,1-2H3/b12-9-/t19-,20+/m1/s1. The van der Waals surface area contributed by atoms with E-state index in [4.69, 9.17) is 15.3 Å². The number of allylic oxidation sites excluding steroid dienone is 1. The van der Waals surface area contributed by atoms with Gasteiger partial charge in [-0.15, -0.1) is 0 Å². The van der Waals surface area contributed by atoms with Crippen LogP contribution in [0.4, 0.5) is 0 Å². The average Bonchev–Trinajstić information content (AvgIpc) is 3.29. The predicted octanol–water partition coefficient (Wildman–Crippen LogP) is 3.16. The molecule has 0 spiro atoms. The molecule has 4 N–H and O–H groups in total. The van der Waals surface area contributed by atoms with Crippen LogP contribution >= 0.6 is 0 Å². The minimum Gasteiger partial charge on any atom is -0.383 e. The molecule has 0 aliphatic heterocycles. The first kappa shape index (κ1) is 22.6. The van der Waals surface area contributed by atoms with Crippen molar-refractivity contribution in [3.05, 3.63) is 12.2 Å². The van der Waals surface area contributed by atoms with Crippen molar-refractivity contribution in [1.82, 2.24) is 10.8 Å². The maximum atomic E-state index is 5.46. The number of hydroxylamine groups is 1. The lowest BCUT2D eigenvalue weighted by Crippen LogP contribution is -2.38. The van der Waals surface area contributed by atoms with Gasteiger partial charge in [0.2, 0.25) is 0 Å². The summed E-state index contributed by atoms with van der Waals surface area (Å²) in [5.41, 5.74) is 8.50. The van der Waals surface area contributed by atoms with Gasteiger partial charge in [-0.2, -0.15) is 0 Å². The molecular formula is C20H41N3O2. The second-order valence-electron chi connectivity index (χ2n) is 7.20. The summed E-state index contributed by atoms with van der Waals surface area (Å²) >= 11 is 0. The van der Waals surface area contributed by atoms with E-state index in [-0.39, 0.29) is 5.54 Å². The van der Waals surface area contributed by atoms with E-state index in [2.05, 4.69) is 29.9 Å². The molecule has 0 aromatic carbocycles. The Kier molecular flexibility index (Phi) is 13.3. The van der Waals surface area contributed by atoms with E-state index in [1.165, 1.54) is 51.4 Å². The zero-order valence-corrected chi connectivity index (χ0v) is 16.5. The van der Waals surface area contributed by atoms with E-state index in [9.17, 15) is 0 Å². The van der Waals surface area contributed by atoms with Gasteiger partial charge in [-0.05, 0) is 44.6 Å². The number of unbranched alkanes of at least 4 members (excludes halogenated alkanes) is 6. The van der Waals surface area contributed by atoms with Crippen molar-refractivity contribution < 1.29 is 9.57 Å². The Morgan fingerprint density at radius 1 is 1.12 bits per heavy atom. The van der Waals surface area contributed by atoms with Crippen molar-refractivity contribution in [2.24, 2.45) is 11.7 Å². The van der Waals surface area contributed by atoms with E-state index in [0.29, 0.717) is 19.1 Å². The van der Waals surface area contributed by atoms with Crippen molar-refractivity contribution in [3.63, 3.8) is 0 Å². The third-order valence-electron chi connectivity index (χ3n) is 4.88. The van der Waals surface area contributed by atoms with E-state index in [1.54, 1.807) is 7.11 Å². The molecule has 1 saturated carbocycles. The Bertz CT molecular complexity index is 339. The summed E-state index contributed by atoms with van der Waals surface area (Å²) in [6.07, 6.45) is 16.1. The van der Waals surface area contributed by atoms with Gasteiger partial charge in [0.1, 0.15) is 0 Å². The normalized spacial score (nSPS) is 22.8. The minimum absolute atomic E-state index is 0.192. The first-order valence-corrected chi connectivity index (χ1v) is 10.2. The molecule has 148 valence electrons. The van der Waals surface area contributed by atoms with Gasteiger partial charge >= 0.3 is 0 Å². The summed E-state index contributed by atoms with van der Waals surface area (Å²) < 4.78 is 5.46. The lowest BCUT2D eigenvalue weighted by atomic mass is 10.1. The molecule has 0 bridgehead atoms. The Labute approximate surface area is 155 Å². The molecule has 0 heterocycles. The molecule has 25 heavy (non-hydrogen) atoms. The lowest BCUT2D eigenvalue weighted by Gasteiger charge is -2.18. The van der Waals surface area contributed by atoms with Crippen LogP contribution in [-0.2, 0) is 9.57 Å². The first-order valence-electron chi connectivity index (χ1n) is 10.2. The molecule has 0 unspecified atom stereocenters. The largest absolute Gasteiger partial charge is 0.383 e. The quantitative estimate of drug-likeness (QED) is 0.200. The van der Waals surface area contributed by atoms with E-state index < -0.39 is 0 Å². The van der Waals surface area contributed by atoms with Gasteiger partial charge in [-0.25, -0.2) is 5.48 Å². The number of methoxy groups -OCH3 is 1. The van der Waals surface area contributed by atoms with Crippen LogP contribution in [0.1, 0.15) is 64.7 Å². The first-order chi connectivity index (χ1) is 12.3. The molecule has 0 aromatic heterocycles. The van der Waals surface area contributed by atoms with Crippen molar-refractivity contribution in [1.29, 1.82) is 0 Å². The number of hydrogen-bond acceptors (Lipinski definition) is 5. The van der Waals surface area contributed by atoms with Gasteiger partial charge in [0.05, 0.1) is 13.2 Å². The predicted molar refractivity (Wildman–Crippen MR) is 105 cm³/mol. The minimum atomic E-state index is 0.192. The Morgan fingerprint density at radius 2 is 1.92 bits per heavy atom. The fourth-order valence-corrected chi connectivity index (χ4v) is 3.25. The second-order valence-corrected chi connectivity index (χ2v) is 7.20. The highest BCUT2D eigenvalue weighted by atomic mass is 16.6. The summed E-state index contributed by atoms with van der Waals surface area (Å²) in [4.78, 5) is 5.15. The topological polar surface area (TPSA) is 68.5 Å². The molecular weight excluding hydrogens is 314 g/mol. The van der Waals surface area contributed by atoms with E-state index in [0.717, 1.165) is 26.1 Å². The maximum Gasteiger partial charge on any atom is 0.0804 e. The Morgan fingerprint density at radius 3 is 2.68 bits per heavy atom. The van der Waals surface area contributed by atoms with Crippen LogP contribution in [-0.4, -0.2) is 45.5 Å². The number of nitrogens with one attached hydrogen (secondary N) is 2. The second kappa shape index (κ2) is 14.7. The summed E-state index contributed by atoms with van der Waals surface area (Å²) in [7, 11) is 1.81. The van der Waals surface area contributed by atoms with Gasteiger partial charge in [-0.3, -0.25) is 0 Å². The summed E-state index contributed by atoms with van der Waals surface area (Å²) in [6.45, 7) is 6.17. The summed E-state index contributed by atoms with van der Waals surface area (Å²) in [5, 5.41) is 3.75. The van der Waals surface area contributed by atoms with Crippen molar-refractivity contribution in [3.8, 4) is 0 Å². The van der Waals surface area contributed by atoms with Gasteiger partial charge in [0.15, 0.2) is 0 Å². The zero-order chi connectivity index (χ0) is 18.2. The molecule has 0 saturated heterocycles. The highest BCUT2D eigenvalue weighted by Crippen LogP contribution is 2.44. The van der Waals surface area contributed by atoms with Crippen LogP contribution < -0.4 is 16.5 Å². The molecule has 1 aliphatic rings. The van der Waals surface area contributed by atoms with Crippen molar-refractivity contribution in [2.75, 3.05) is 40.0 Å². The molecule has 5 nitrogen and oxygen atoms in total. The van der Waals surface area contributed by atoms with E-state index >= 15 is 0 Å². The SMILES string of the molecule is CCCCCC/C=C\[C@@H]1C[C@@]1(COC)NCCCCCNOCCN. The summed E-state index contributed by atoms with van der Waals surface area (Å²) in [5.74, 6) is 0.643. The lowest BCUT2D eigenvalue weighted by molar-refractivity contribution is 0.0459. The van der Waals surface area contributed by atoms with E-state index in [1.807, 2.05) is 0 Å². The molecule has 1 fully saturated rings. The monoisotopic (exact) mass is 355 g/mol. The highest BCUT2D eigenvalue weighted by Gasteiger charge is 2.52. The van der Waals surface area contributed by atoms with Crippen LogP contribution in [0, 0.1) is 5.92 Å². The van der Waals surface area contributed by atoms with Crippen LogP contribution in [0.25, 0.3) is 0 Å². The fraction of sp³-hybridized carbons (Fsp3) is 0.900. The molecule has 2 atom stereocenters. The molecule has 0 amide bonds. The van der Waals surface area contributed by atoms with Gasteiger partial charge in [-0.1, -0.05) is 44.8 Å². The smallest absolute Gasteiger partial charge is 0.0804 e. The molecule has 0 aromatic rings. The third kappa shape index (κ3) is 10.3. The summed E-state index contributed by atoms with van der Waals surface area (Å²) in [6, 6.07) is 0. The number of rotatable bonds is 18. The molecule has 1 rings (SSSR count). The molecule has 1 aliphatic carbocycles. The van der Waals surface area contributed by atoms with Gasteiger partial charge in [0.25, 0.3) is 0 Å². The number of ether oxygens (including phenoxy) is 1. The van der Waals surface area contributed by atoms with Gasteiger partial charge < -0.3 is 20.6 Å². The maximum absolute atomic E-state index is 5.46. The third-order valence-corrected chi connectivity index (χ3v) is 4.88. The number of hydrogen-bond donors (Lipinski definition) is 3. The highest BCUT2D eigenvalue weighted by molar-refractivity contribution is 5.18. The number of nitrogens with two attached hydrogens (primary N) is 1. The van der Waals surface area contributed by atoms with Crippen molar-refractivity contribution >= 4 is 0 Å². The molecule has 5 heteroatoms. The van der Waals surface area contributed by atoms with Crippen LogP contribution in [0.5, 0.6) is 0 Å². The van der Waals surface area contributed by atoms with Crippen LogP contribution in [0.3, 0.4) is 0 Å². The Hall–Kier alpha value is -0.460. The van der Waals surface area contributed by atoms with Crippen LogP contribution in [0.15, 0.2) is 12.2 Å². The van der Waals surface area contributed by atoms with Crippen molar-refractivity contribution in [2.45, 2.75) is 70.3 Å². The zero-order valence-electron chi connectivity index (χ0n) is 16.5. The fourth-order valence-electron chi connectivity index (χ4n) is 3.25. The van der Waals surface area contributed by atoms with Crippen LogP contribution in [0.2, 0.25) is 0 Å².